The van der Waals surface area contributed by atoms with E-state index in [9.17, 15) is 0 Å². The maximum atomic E-state index is 6.07. The van der Waals surface area contributed by atoms with Crippen molar-refractivity contribution in [3.63, 3.8) is 0 Å². The number of hydrogen-bond acceptors (Lipinski definition) is 1. The van der Waals surface area contributed by atoms with Gasteiger partial charge < -0.3 is 0 Å². The SMILES string of the molecule is C=C1c2ccc(Cl)cc2CCc2ccc(C)nc21. The van der Waals surface area contributed by atoms with Crippen LogP contribution in [0.15, 0.2) is 36.9 Å². The van der Waals surface area contributed by atoms with Crippen LogP contribution in [0.1, 0.15) is 28.1 Å². The van der Waals surface area contributed by atoms with Gasteiger partial charge in [0, 0.05) is 16.3 Å². The molecule has 0 amide bonds. The summed E-state index contributed by atoms with van der Waals surface area (Å²) < 4.78 is 0. The van der Waals surface area contributed by atoms with Crippen LogP contribution in [0.3, 0.4) is 0 Å². The van der Waals surface area contributed by atoms with Gasteiger partial charge in [-0.05, 0) is 54.7 Å². The van der Waals surface area contributed by atoms with Crippen LogP contribution in [0, 0.1) is 6.92 Å². The molecule has 3 rings (SSSR count). The lowest BCUT2D eigenvalue weighted by Crippen LogP contribution is -1.96. The predicted molar refractivity (Wildman–Crippen MR) is 76.0 cm³/mol. The van der Waals surface area contributed by atoms with Gasteiger partial charge in [-0.25, -0.2) is 0 Å². The van der Waals surface area contributed by atoms with Crippen molar-refractivity contribution in [3.8, 4) is 0 Å². The average Bonchev–Trinajstić information content (AvgIpc) is 2.48. The van der Waals surface area contributed by atoms with E-state index < -0.39 is 0 Å². The van der Waals surface area contributed by atoms with Gasteiger partial charge in [0.1, 0.15) is 0 Å². The zero-order chi connectivity index (χ0) is 12.7. The third-order valence-corrected chi connectivity index (χ3v) is 3.70. The van der Waals surface area contributed by atoms with Crippen LogP contribution in [0.2, 0.25) is 5.02 Å². The van der Waals surface area contributed by atoms with Crippen LogP contribution in [-0.4, -0.2) is 4.98 Å². The van der Waals surface area contributed by atoms with Gasteiger partial charge in [-0.2, -0.15) is 0 Å². The first-order chi connectivity index (χ1) is 8.65. The lowest BCUT2D eigenvalue weighted by Gasteiger charge is -2.09. The van der Waals surface area contributed by atoms with Crippen molar-refractivity contribution in [3.05, 3.63) is 70.0 Å². The van der Waals surface area contributed by atoms with Crippen LogP contribution in [-0.2, 0) is 12.8 Å². The summed E-state index contributed by atoms with van der Waals surface area (Å²) in [6.07, 6.45) is 1.99. The van der Waals surface area contributed by atoms with E-state index in [1.165, 1.54) is 16.7 Å². The summed E-state index contributed by atoms with van der Waals surface area (Å²) in [6.45, 7) is 6.24. The molecule has 2 heteroatoms. The van der Waals surface area contributed by atoms with Gasteiger partial charge in [0.15, 0.2) is 0 Å². The first-order valence-electron chi connectivity index (χ1n) is 6.10. The number of nitrogens with zero attached hydrogens (tertiary/aromatic N) is 1. The fraction of sp³-hybridized carbons (Fsp3) is 0.188. The summed E-state index contributed by atoms with van der Waals surface area (Å²) >= 11 is 6.07. The van der Waals surface area contributed by atoms with Crippen LogP contribution in [0.4, 0.5) is 0 Å². The summed E-state index contributed by atoms with van der Waals surface area (Å²) in [5.41, 5.74) is 6.80. The van der Waals surface area contributed by atoms with Gasteiger partial charge in [0.05, 0.1) is 5.69 Å². The van der Waals surface area contributed by atoms with E-state index in [4.69, 9.17) is 11.6 Å². The molecule has 0 saturated carbocycles. The first-order valence-corrected chi connectivity index (χ1v) is 6.47. The Kier molecular flexibility index (Phi) is 2.71. The second-order valence-electron chi connectivity index (χ2n) is 4.74. The van der Waals surface area contributed by atoms with Crippen LogP contribution >= 0.6 is 11.6 Å². The monoisotopic (exact) mass is 255 g/mol. The van der Waals surface area contributed by atoms with E-state index in [0.29, 0.717) is 0 Å². The number of aryl methyl sites for hydroxylation is 3. The molecule has 0 aliphatic heterocycles. The normalized spacial score (nSPS) is 13.8. The largest absolute Gasteiger partial charge is 0.253 e. The molecule has 0 unspecified atom stereocenters. The Bertz CT molecular complexity index is 644. The van der Waals surface area contributed by atoms with Crippen LogP contribution < -0.4 is 0 Å². The summed E-state index contributed by atoms with van der Waals surface area (Å²) in [5, 5.41) is 0.789. The Balaban J connectivity index is 2.20. The molecule has 90 valence electrons. The Morgan fingerprint density at radius 1 is 1.11 bits per heavy atom. The summed E-state index contributed by atoms with van der Waals surface area (Å²) in [4.78, 5) is 4.64. The highest BCUT2D eigenvalue weighted by Crippen LogP contribution is 2.32. The van der Waals surface area contributed by atoms with Crippen molar-refractivity contribution in [2.45, 2.75) is 19.8 Å². The third-order valence-electron chi connectivity index (χ3n) is 3.46. The highest BCUT2D eigenvalue weighted by atomic mass is 35.5. The van der Waals surface area contributed by atoms with E-state index in [-0.39, 0.29) is 0 Å². The van der Waals surface area contributed by atoms with Gasteiger partial charge in [0.25, 0.3) is 0 Å². The smallest absolute Gasteiger partial charge is 0.0737 e. The molecule has 1 aliphatic carbocycles. The number of fused-ring (bicyclic) bond motifs is 2. The molecule has 1 heterocycles. The Labute approximate surface area is 112 Å². The first kappa shape index (κ1) is 11.5. The minimum atomic E-state index is 0.789. The van der Waals surface area contributed by atoms with Crippen LogP contribution in [0.25, 0.3) is 5.57 Å². The van der Waals surface area contributed by atoms with Gasteiger partial charge in [-0.15, -0.1) is 0 Å². The molecule has 0 N–H and O–H groups in total. The minimum absolute atomic E-state index is 0.789. The molecule has 1 aromatic carbocycles. The van der Waals surface area contributed by atoms with Crippen LogP contribution in [0.5, 0.6) is 0 Å². The molecular weight excluding hydrogens is 242 g/mol. The van der Waals surface area contributed by atoms with Gasteiger partial charge in [0.2, 0.25) is 0 Å². The second-order valence-corrected chi connectivity index (χ2v) is 5.18. The van der Waals surface area contributed by atoms with Crippen molar-refractivity contribution in [2.75, 3.05) is 0 Å². The molecule has 1 aromatic heterocycles. The van der Waals surface area contributed by atoms with Gasteiger partial charge in [-0.3, -0.25) is 4.98 Å². The minimum Gasteiger partial charge on any atom is -0.253 e. The number of benzene rings is 1. The standard InChI is InChI=1S/C16H14ClN/c1-10-3-4-12-5-6-13-9-14(17)7-8-15(13)11(2)16(12)18-10/h3-4,7-9H,2,5-6H2,1H3. The van der Waals surface area contributed by atoms with Gasteiger partial charge in [-0.1, -0.05) is 30.3 Å². The van der Waals surface area contributed by atoms with Gasteiger partial charge >= 0.3 is 0 Å². The number of pyridine rings is 1. The molecule has 0 bridgehead atoms. The fourth-order valence-electron chi connectivity index (χ4n) is 2.51. The molecule has 0 radical (unpaired) electrons. The molecule has 0 saturated heterocycles. The average molecular weight is 256 g/mol. The molecule has 0 fully saturated rings. The number of rotatable bonds is 0. The molecule has 18 heavy (non-hydrogen) atoms. The highest BCUT2D eigenvalue weighted by Gasteiger charge is 2.18. The maximum Gasteiger partial charge on any atom is 0.0737 e. The number of aromatic nitrogens is 1. The van der Waals surface area contributed by atoms with E-state index in [1.807, 2.05) is 19.1 Å². The lowest BCUT2D eigenvalue weighted by molar-refractivity contribution is 0.950. The lowest BCUT2D eigenvalue weighted by atomic mass is 9.99. The fourth-order valence-corrected chi connectivity index (χ4v) is 2.70. The zero-order valence-corrected chi connectivity index (χ0v) is 11.1. The quantitative estimate of drug-likeness (QED) is 0.687. The van der Waals surface area contributed by atoms with Crippen molar-refractivity contribution < 1.29 is 0 Å². The summed E-state index contributed by atoms with van der Waals surface area (Å²) in [5.74, 6) is 0. The Morgan fingerprint density at radius 2 is 1.89 bits per heavy atom. The van der Waals surface area contributed by atoms with E-state index in [1.54, 1.807) is 0 Å². The number of halogens is 1. The molecule has 1 aliphatic rings. The molecular formula is C16H14ClN. The van der Waals surface area contributed by atoms with Crippen molar-refractivity contribution in [1.82, 2.24) is 4.98 Å². The van der Waals surface area contributed by atoms with E-state index >= 15 is 0 Å². The molecule has 2 aromatic rings. The Morgan fingerprint density at radius 3 is 2.72 bits per heavy atom. The second kappa shape index (κ2) is 4.25. The molecule has 0 atom stereocenters. The van der Waals surface area contributed by atoms with Crippen molar-refractivity contribution in [1.29, 1.82) is 0 Å². The van der Waals surface area contributed by atoms with Crippen molar-refractivity contribution >= 4 is 17.2 Å². The van der Waals surface area contributed by atoms with E-state index in [2.05, 4.69) is 29.8 Å². The third kappa shape index (κ3) is 1.85. The maximum absolute atomic E-state index is 6.07. The summed E-state index contributed by atoms with van der Waals surface area (Å²) in [6, 6.07) is 10.2. The zero-order valence-electron chi connectivity index (χ0n) is 10.3. The highest BCUT2D eigenvalue weighted by molar-refractivity contribution is 6.30. The Hall–Kier alpha value is -1.60. The topological polar surface area (TPSA) is 12.9 Å². The predicted octanol–water partition coefficient (Wildman–Crippen LogP) is 4.20. The van der Waals surface area contributed by atoms with Crippen molar-refractivity contribution in [2.24, 2.45) is 0 Å². The molecule has 1 nitrogen and oxygen atoms in total. The molecule has 0 spiro atoms. The van der Waals surface area contributed by atoms with E-state index in [0.717, 1.165) is 34.8 Å². The number of hydrogen-bond donors (Lipinski definition) is 0. The summed E-state index contributed by atoms with van der Waals surface area (Å²) in [7, 11) is 0.